The lowest BCUT2D eigenvalue weighted by Gasteiger charge is -2.34. The molecule has 2 aromatic rings. The van der Waals surface area contributed by atoms with Crippen molar-refractivity contribution in [3.63, 3.8) is 0 Å². The van der Waals surface area contributed by atoms with Gasteiger partial charge in [0, 0.05) is 18.3 Å². The van der Waals surface area contributed by atoms with Gasteiger partial charge in [-0.15, -0.1) is 11.3 Å². The molecule has 0 spiro atoms. The van der Waals surface area contributed by atoms with Crippen LogP contribution in [0.4, 0.5) is 10.1 Å². The maximum absolute atomic E-state index is 14.5. The lowest BCUT2D eigenvalue weighted by molar-refractivity contribution is -0.128. The highest BCUT2D eigenvalue weighted by Gasteiger charge is 2.38. The highest BCUT2D eigenvalue weighted by Crippen LogP contribution is 2.36. The van der Waals surface area contributed by atoms with Gasteiger partial charge in [-0.1, -0.05) is 0 Å². The minimum Gasteiger partial charge on any atom is -0.369 e. The second-order valence-corrected chi connectivity index (χ2v) is 7.87. The Labute approximate surface area is 160 Å². The standard InChI is InChI=1S/C18H20FN5O2S/c1-9-15(27-10(2)21-9)16(26)22-11-5-6-13(19)12(7-11)18(3)8-14(25)24(4)17(20)23-18/h5-7H,8H2,1-4H3,(H2,20,23)(H,22,26). The minimum absolute atomic E-state index is 0.0222. The van der Waals surface area contributed by atoms with Crippen LogP contribution in [0.25, 0.3) is 0 Å². The zero-order valence-corrected chi connectivity index (χ0v) is 16.3. The van der Waals surface area contributed by atoms with Crippen molar-refractivity contribution in [1.29, 1.82) is 0 Å². The predicted molar refractivity (Wildman–Crippen MR) is 102 cm³/mol. The Kier molecular flexibility index (Phi) is 4.73. The molecule has 0 fully saturated rings. The van der Waals surface area contributed by atoms with Crippen molar-refractivity contribution < 1.29 is 14.0 Å². The number of amides is 2. The minimum atomic E-state index is -1.14. The van der Waals surface area contributed by atoms with Crippen molar-refractivity contribution in [1.82, 2.24) is 9.88 Å². The summed E-state index contributed by atoms with van der Waals surface area (Å²) in [6.07, 6.45) is -0.0222. The fourth-order valence-electron chi connectivity index (χ4n) is 3.01. The second-order valence-electron chi connectivity index (χ2n) is 6.67. The molecular formula is C18H20FN5O2S. The molecule has 0 radical (unpaired) electrons. The van der Waals surface area contributed by atoms with Gasteiger partial charge in [0.25, 0.3) is 5.91 Å². The highest BCUT2D eigenvalue weighted by molar-refractivity contribution is 7.13. The molecular weight excluding hydrogens is 369 g/mol. The first kappa shape index (κ1) is 19.0. The molecule has 27 heavy (non-hydrogen) atoms. The van der Waals surface area contributed by atoms with Crippen LogP contribution in [0.1, 0.15) is 39.3 Å². The van der Waals surface area contributed by atoms with Gasteiger partial charge in [-0.3, -0.25) is 14.5 Å². The molecule has 3 N–H and O–H groups in total. The topological polar surface area (TPSA) is 101 Å². The summed E-state index contributed by atoms with van der Waals surface area (Å²) in [6.45, 7) is 5.23. The zero-order chi connectivity index (χ0) is 19.9. The van der Waals surface area contributed by atoms with Gasteiger partial charge in [0.05, 0.1) is 22.7 Å². The molecule has 2 amide bonds. The van der Waals surface area contributed by atoms with E-state index in [9.17, 15) is 14.0 Å². The number of halogens is 1. The molecule has 9 heteroatoms. The number of nitrogens with zero attached hydrogens (tertiary/aromatic N) is 3. The van der Waals surface area contributed by atoms with Crippen LogP contribution in [0.15, 0.2) is 23.2 Å². The van der Waals surface area contributed by atoms with E-state index in [1.54, 1.807) is 13.8 Å². The van der Waals surface area contributed by atoms with E-state index in [4.69, 9.17) is 5.73 Å². The van der Waals surface area contributed by atoms with Crippen molar-refractivity contribution in [2.24, 2.45) is 10.7 Å². The Bertz CT molecular complexity index is 971. The summed E-state index contributed by atoms with van der Waals surface area (Å²) in [4.78, 5) is 35.0. The van der Waals surface area contributed by atoms with Crippen LogP contribution in [-0.2, 0) is 10.3 Å². The van der Waals surface area contributed by atoms with E-state index in [-0.39, 0.29) is 29.8 Å². The van der Waals surface area contributed by atoms with Crippen LogP contribution < -0.4 is 11.1 Å². The fourth-order valence-corrected chi connectivity index (χ4v) is 3.82. The average molecular weight is 389 g/mol. The molecule has 1 aromatic carbocycles. The van der Waals surface area contributed by atoms with E-state index in [1.165, 1.54) is 41.5 Å². The maximum atomic E-state index is 14.5. The molecule has 3 rings (SSSR count). The molecule has 142 valence electrons. The number of anilines is 1. The molecule has 1 aliphatic heterocycles. The van der Waals surface area contributed by atoms with Crippen molar-refractivity contribution >= 4 is 34.8 Å². The number of hydrogen-bond acceptors (Lipinski definition) is 6. The summed E-state index contributed by atoms with van der Waals surface area (Å²) in [5.74, 6) is -1.06. The Morgan fingerprint density at radius 2 is 2.11 bits per heavy atom. The summed E-state index contributed by atoms with van der Waals surface area (Å²) in [7, 11) is 1.52. The lowest BCUT2D eigenvalue weighted by atomic mass is 9.87. The summed E-state index contributed by atoms with van der Waals surface area (Å²) >= 11 is 1.29. The van der Waals surface area contributed by atoms with E-state index < -0.39 is 11.4 Å². The van der Waals surface area contributed by atoms with Crippen LogP contribution in [0.5, 0.6) is 0 Å². The smallest absolute Gasteiger partial charge is 0.267 e. The molecule has 1 unspecified atom stereocenters. The summed E-state index contributed by atoms with van der Waals surface area (Å²) in [5, 5.41) is 3.55. The molecule has 0 aliphatic carbocycles. The van der Waals surface area contributed by atoms with E-state index in [1.807, 2.05) is 6.92 Å². The van der Waals surface area contributed by atoms with Gasteiger partial charge >= 0.3 is 0 Å². The Balaban J connectivity index is 1.94. The van der Waals surface area contributed by atoms with E-state index in [0.717, 1.165) is 5.01 Å². The number of aryl methyl sites for hydroxylation is 2. The third kappa shape index (κ3) is 3.55. The van der Waals surface area contributed by atoms with Crippen LogP contribution in [0.3, 0.4) is 0 Å². The van der Waals surface area contributed by atoms with Crippen LogP contribution in [-0.4, -0.2) is 34.7 Å². The van der Waals surface area contributed by atoms with Crippen LogP contribution in [0.2, 0.25) is 0 Å². The van der Waals surface area contributed by atoms with Crippen molar-refractivity contribution in [3.8, 4) is 0 Å². The van der Waals surface area contributed by atoms with Gasteiger partial charge in [0.1, 0.15) is 10.7 Å². The number of aromatic nitrogens is 1. The first-order chi connectivity index (χ1) is 12.6. The Morgan fingerprint density at radius 3 is 2.70 bits per heavy atom. The third-order valence-corrected chi connectivity index (χ3v) is 5.56. The first-order valence-electron chi connectivity index (χ1n) is 8.28. The quantitative estimate of drug-likeness (QED) is 0.842. The monoisotopic (exact) mass is 389 g/mol. The molecule has 0 saturated heterocycles. The Morgan fingerprint density at radius 1 is 1.41 bits per heavy atom. The summed E-state index contributed by atoms with van der Waals surface area (Å²) < 4.78 is 14.5. The van der Waals surface area contributed by atoms with Gasteiger partial charge in [0.2, 0.25) is 5.91 Å². The number of carbonyl (C=O) groups excluding carboxylic acids is 2. The van der Waals surface area contributed by atoms with Crippen molar-refractivity contribution in [2.75, 3.05) is 12.4 Å². The van der Waals surface area contributed by atoms with Gasteiger partial charge in [-0.25, -0.2) is 14.4 Å². The van der Waals surface area contributed by atoms with Gasteiger partial charge in [-0.05, 0) is 39.0 Å². The SMILES string of the molecule is Cc1nc(C)c(C(=O)Nc2ccc(F)c(C3(C)CC(=O)N(C)C(N)=N3)c2)s1. The third-order valence-electron chi connectivity index (χ3n) is 4.49. The van der Waals surface area contributed by atoms with Crippen LogP contribution >= 0.6 is 11.3 Å². The molecule has 1 aliphatic rings. The van der Waals surface area contributed by atoms with E-state index in [0.29, 0.717) is 16.3 Å². The fraction of sp³-hybridized carbons (Fsp3) is 0.333. The second kappa shape index (κ2) is 6.73. The summed E-state index contributed by atoms with van der Waals surface area (Å²) in [5.41, 5.74) is 5.90. The number of nitrogens with two attached hydrogens (primary N) is 1. The van der Waals surface area contributed by atoms with Gasteiger partial charge < -0.3 is 11.1 Å². The molecule has 2 heterocycles. The van der Waals surface area contributed by atoms with E-state index >= 15 is 0 Å². The first-order valence-corrected chi connectivity index (χ1v) is 9.09. The molecule has 0 saturated carbocycles. The number of benzene rings is 1. The average Bonchev–Trinajstić information content (AvgIpc) is 2.92. The molecule has 1 atom stereocenters. The predicted octanol–water partition coefficient (Wildman–Crippen LogP) is 2.54. The largest absolute Gasteiger partial charge is 0.369 e. The van der Waals surface area contributed by atoms with Crippen molar-refractivity contribution in [3.05, 3.63) is 45.2 Å². The molecule has 0 bridgehead atoms. The number of nitrogens with one attached hydrogen (secondary N) is 1. The van der Waals surface area contributed by atoms with Crippen LogP contribution in [0, 0.1) is 19.7 Å². The summed E-state index contributed by atoms with van der Waals surface area (Å²) in [6, 6.07) is 4.20. The zero-order valence-electron chi connectivity index (χ0n) is 15.5. The molecule has 7 nitrogen and oxygen atoms in total. The number of rotatable bonds is 3. The molecule has 1 aromatic heterocycles. The number of guanidine groups is 1. The number of hydrogen-bond donors (Lipinski definition) is 2. The highest BCUT2D eigenvalue weighted by atomic mass is 32.1. The number of carbonyl (C=O) groups is 2. The normalized spacial score (nSPS) is 19.8. The Hall–Kier alpha value is -2.81. The van der Waals surface area contributed by atoms with Crippen molar-refractivity contribution in [2.45, 2.75) is 32.7 Å². The van der Waals surface area contributed by atoms with Gasteiger partial charge in [0.15, 0.2) is 5.96 Å². The maximum Gasteiger partial charge on any atom is 0.267 e. The van der Waals surface area contributed by atoms with Gasteiger partial charge in [-0.2, -0.15) is 0 Å². The lowest BCUT2D eigenvalue weighted by Crippen LogP contribution is -2.47. The van der Waals surface area contributed by atoms with E-state index in [2.05, 4.69) is 15.3 Å². The number of thiazole rings is 1. The number of aliphatic imine (C=N–C) groups is 1.